The fourth-order valence-corrected chi connectivity index (χ4v) is 0.801. The maximum Gasteiger partial charge on any atom is 0.326 e. The molecule has 0 saturated carbocycles. The van der Waals surface area contributed by atoms with E-state index in [1.807, 2.05) is 0 Å². The average Bonchev–Trinajstić information content (AvgIpc) is 1.98. The van der Waals surface area contributed by atoms with Crippen molar-refractivity contribution in [2.75, 3.05) is 0 Å². The van der Waals surface area contributed by atoms with Crippen LogP contribution in [0.2, 0.25) is 0 Å². The second-order valence-corrected chi connectivity index (χ2v) is 3.07. The topological polar surface area (TPSA) is 78.4 Å². The minimum Gasteiger partial charge on any atom is -0.480 e. The molecule has 0 radical (unpaired) electrons. The number of carbonyl (C=O) groups excluding carboxylic acids is 1. The predicted molar refractivity (Wildman–Crippen MR) is 48.5 cm³/mol. The van der Waals surface area contributed by atoms with Crippen LogP contribution < -0.4 is 10.6 Å². The van der Waals surface area contributed by atoms with Crippen LogP contribution in [0.25, 0.3) is 0 Å². The van der Waals surface area contributed by atoms with Gasteiger partial charge in [0.05, 0.1) is 0 Å². The second kappa shape index (κ2) is 5.40. The summed E-state index contributed by atoms with van der Waals surface area (Å²) in [4.78, 5) is 21.6. The summed E-state index contributed by atoms with van der Waals surface area (Å²) in [7, 11) is 0. The van der Waals surface area contributed by atoms with Crippen molar-refractivity contribution in [2.24, 2.45) is 0 Å². The molecule has 0 aliphatic rings. The lowest BCUT2D eigenvalue weighted by Crippen LogP contribution is -2.47. The van der Waals surface area contributed by atoms with Gasteiger partial charge in [0.2, 0.25) is 0 Å². The zero-order valence-corrected chi connectivity index (χ0v) is 8.13. The fourth-order valence-electron chi connectivity index (χ4n) is 0.801. The molecule has 0 fully saturated rings. The van der Waals surface area contributed by atoms with Crippen LogP contribution in [0.1, 0.15) is 27.2 Å². The molecule has 0 saturated heterocycles. The van der Waals surface area contributed by atoms with E-state index in [0.717, 1.165) is 0 Å². The molecule has 76 valence electrons. The molecule has 0 bridgehead atoms. The molecule has 0 aromatic rings. The van der Waals surface area contributed by atoms with Gasteiger partial charge in [-0.1, -0.05) is 6.92 Å². The van der Waals surface area contributed by atoms with Crippen molar-refractivity contribution in [2.45, 2.75) is 39.3 Å². The molecule has 0 rings (SSSR count). The third-order valence-corrected chi connectivity index (χ3v) is 1.43. The summed E-state index contributed by atoms with van der Waals surface area (Å²) in [5.74, 6) is -1.01. The Morgan fingerprint density at radius 3 is 2.15 bits per heavy atom. The molecular formula is C8H16N2O3. The quantitative estimate of drug-likeness (QED) is 0.603. The van der Waals surface area contributed by atoms with E-state index in [9.17, 15) is 9.59 Å². The fraction of sp³-hybridized carbons (Fsp3) is 0.750. The first kappa shape index (κ1) is 11.7. The number of hydrogen-bond donors (Lipinski definition) is 3. The first-order chi connectivity index (χ1) is 5.97. The Kier molecular flexibility index (Phi) is 4.87. The largest absolute Gasteiger partial charge is 0.480 e. The van der Waals surface area contributed by atoms with Crippen LogP contribution >= 0.6 is 0 Å². The number of hydrogen-bond acceptors (Lipinski definition) is 2. The van der Waals surface area contributed by atoms with Crippen LogP contribution in [0, 0.1) is 0 Å². The minimum atomic E-state index is -1.01. The number of carboxylic acids is 1. The van der Waals surface area contributed by atoms with Gasteiger partial charge in [0, 0.05) is 6.04 Å². The Hall–Kier alpha value is -1.26. The number of urea groups is 1. The minimum absolute atomic E-state index is 0.00583. The molecule has 5 heteroatoms. The van der Waals surface area contributed by atoms with Crippen LogP contribution in [0.3, 0.4) is 0 Å². The first-order valence-electron chi connectivity index (χ1n) is 4.27. The molecule has 13 heavy (non-hydrogen) atoms. The molecule has 5 nitrogen and oxygen atoms in total. The van der Waals surface area contributed by atoms with E-state index in [-0.39, 0.29) is 6.04 Å². The van der Waals surface area contributed by atoms with E-state index < -0.39 is 18.0 Å². The number of carbonyl (C=O) groups is 2. The maximum absolute atomic E-state index is 11.0. The maximum atomic E-state index is 11.0. The van der Waals surface area contributed by atoms with Gasteiger partial charge in [0.25, 0.3) is 0 Å². The van der Waals surface area contributed by atoms with E-state index in [0.29, 0.717) is 6.42 Å². The van der Waals surface area contributed by atoms with Crippen molar-refractivity contribution in [3.05, 3.63) is 0 Å². The van der Waals surface area contributed by atoms with Gasteiger partial charge in [-0.3, -0.25) is 0 Å². The number of amides is 2. The van der Waals surface area contributed by atoms with Crippen LogP contribution in [-0.2, 0) is 4.79 Å². The van der Waals surface area contributed by atoms with E-state index in [1.54, 1.807) is 20.8 Å². The monoisotopic (exact) mass is 188 g/mol. The third kappa shape index (κ3) is 5.05. The van der Waals surface area contributed by atoms with Gasteiger partial charge >= 0.3 is 12.0 Å². The van der Waals surface area contributed by atoms with Gasteiger partial charge in [-0.2, -0.15) is 0 Å². The molecule has 0 heterocycles. The van der Waals surface area contributed by atoms with E-state index >= 15 is 0 Å². The van der Waals surface area contributed by atoms with Crippen molar-refractivity contribution in [3.63, 3.8) is 0 Å². The molecule has 0 aromatic heterocycles. The molecule has 1 atom stereocenters. The molecule has 0 aliphatic heterocycles. The SMILES string of the molecule is CC[C@H](NC(=O)NC(C)C)C(=O)O. The lowest BCUT2D eigenvalue weighted by atomic mass is 10.2. The lowest BCUT2D eigenvalue weighted by Gasteiger charge is -2.14. The van der Waals surface area contributed by atoms with Gasteiger partial charge in [0.15, 0.2) is 0 Å². The Labute approximate surface area is 77.5 Å². The number of carboxylic acid groups (broad SMARTS) is 1. The van der Waals surface area contributed by atoms with Crippen molar-refractivity contribution < 1.29 is 14.7 Å². The normalized spacial score (nSPS) is 12.3. The molecule has 0 spiro atoms. The van der Waals surface area contributed by atoms with Crippen LogP contribution in [0.5, 0.6) is 0 Å². The first-order valence-corrected chi connectivity index (χ1v) is 4.27. The van der Waals surface area contributed by atoms with Gasteiger partial charge in [0.1, 0.15) is 6.04 Å². The van der Waals surface area contributed by atoms with Crippen molar-refractivity contribution in [3.8, 4) is 0 Å². The smallest absolute Gasteiger partial charge is 0.326 e. The Morgan fingerprint density at radius 1 is 1.31 bits per heavy atom. The standard InChI is InChI=1S/C8H16N2O3/c1-4-6(7(11)12)10-8(13)9-5(2)3/h5-6H,4H2,1-3H3,(H,11,12)(H2,9,10,13)/t6-/m0/s1. The highest BCUT2D eigenvalue weighted by atomic mass is 16.4. The average molecular weight is 188 g/mol. The molecule has 0 unspecified atom stereocenters. The van der Waals surface area contributed by atoms with Gasteiger partial charge < -0.3 is 15.7 Å². The number of nitrogens with one attached hydrogen (secondary N) is 2. The van der Waals surface area contributed by atoms with Gasteiger partial charge in [-0.15, -0.1) is 0 Å². The molecule has 2 amide bonds. The number of rotatable bonds is 4. The van der Waals surface area contributed by atoms with E-state index in [4.69, 9.17) is 5.11 Å². The zero-order chi connectivity index (χ0) is 10.4. The van der Waals surface area contributed by atoms with E-state index in [1.165, 1.54) is 0 Å². The Bertz CT molecular complexity index is 192. The highest BCUT2D eigenvalue weighted by molar-refractivity contribution is 5.82. The van der Waals surface area contributed by atoms with Crippen molar-refractivity contribution in [1.29, 1.82) is 0 Å². The molecular weight excluding hydrogens is 172 g/mol. The summed E-state index contributed by atoms with van der Waals surface area (Å²) in [6.45, 7) is 5.32. The second-order valence-electron chi connectivity index (χ2n) is 3.07. The van der Waals surface area contributed by atoms with Crippen molar-refractivity contribution >= 4 is 12.0 Å². The third-order valence-electron chi connectivity index (χ3n) is 1.43. The summed E-state index contributed by atoms with van der Waals surface area (Å²) in [5.41, 5.74) is 0. The van der Waals surface area contributed by atoms with Gasteiger partial charge in [-0.05, 0) is 20.3 Å². The highest BCUT2D eigenvalue weighted by Crippen LogP contribution is 1.90. The molecule has 0 aromatic carbocycles. The summed E-state index contributed by atoms with van der Waals surface area (Å²) in [5, 5.41) is 13.5. The predicted octanol–water partition coefficient (Wildman–Crippen LogP) is 0.557. The Balaban J connectivity index is 3.94. The summed E-state index contributed by atoms with van der Waals surface area (Å²) >= 11 is 0. The van der Waals surface area contributed by atoms with Gasteiger partial charge in [-0.25, -0.2) is 9.59 Å². The van der Waals surface area contributed by atoms with Crippen LogP contribution in [0.15, 0.2) is 0 Å². The van der Waals surface area contributed by atoms with E-state index in [2.05, 4.69) is 10.6 Å². The molecule has 3 N–H and O–H groups in total. The van der Waals surface area contributed by atoms with Crippen LogP contribution in [-0.4, -0.2) is 29.2 Å². The highest BCUT2D eigenvalue weighted by Gasteiger charge is 2.17. The van der Waals surface area contributed by atoms with Crippen molar-refractivity contribution in [1.82, 2.24) is 10.6 Å². The summed E-state index contributed by atoms with van der Waals surface area (Å²) in [6, 6.07) is -1.24. The number of aliphatic carboxylic acids is 1. The lowest BCUT2D eigenvalue weighted by molar-refractivity contribution is -0.139. The summed E-state index contributed by atoms with van der Waals surface area (Å²) in [6.07, 6.45) is 0.376. The summed E-state index contributed by atoms with van der Waals surface area (Å²) < 4.78 is 0. The zero-order valence-electron chi connectivity index (χ0n) is 8.13. The molecule has 0 aliphatic carbocycles. The Morgan fingerprint density at radius 2 is 1.85 bits per heavy atom. The van der Waals surface area contributed by atoms with Crippen LogP contribution in [0.4, 0.5) is 4.79 Å².